The molecule has 0 spiro atoms. The van der Waals surface area contributed by atoms with Crippen LogP contribution < -0.4 is 0 Å². The predicted octanol–water partition coefficient (Wildman–Crippen LogP) is 5.69. The van der Waals surface area contributed by atoms with Crippen molar-refractivity contribution in [3.63, 3.8) is 0 Å². The van der Waals surface area contributed by atoms with Crippen molar-refractivity contribution in [2.45, 2.75) is 40.8 Å². The highest BCUT2D eigenvalue weighted by Gasteiger charge is 2.17. The Morgan fingerprint density at radius 1 is 0.667 bits per heavy atom. The minimum absolute atomic E-state index is 0.321. The van der Waals surface area contributed by atoms with Crippen molar-refractivity contribution in [3.8, 4) is 11.1 Å². The summed E-state index contributed by atoms with van der Waals surface area (Å²) in [6.07, 6.45) is 0. The van der Waals surface area contributed by atoms with Crippen molar-refractivity contribution in [2.24, 2.45) is 0 Å². The van der Waals surface area contributed by atoms with Crippen LogP contribution in [0.5, 0.6) is 0 Å². The molecule has 0 aliphatic rings. The second kappa shape index (κ2) is 6.33. The number of hydrogen-bond donors (Lipinski definition) is 0. The van der Waals surface area contributed by atoms with E-state index in [0.717, 1.165) is 22.3 Å². The normalized spacial score (nSPS) is 11.0. The van der Waals surface area contributed by atoms with E-state index in [-0.39, 0.29) is 0 Å². The smallest absolute Gasteiger partial charge is 0.115 e. The zero-order chi connectivity index (χ0) is 15.6. The van der Waals surface area contributed by atoms with Crippen LogP contribution in [0.15, 0.2) is 24.3 Å². The lowest BCUT2D eigenvalue weighted by atomic mass is 9.87. The summed E-state index contributed by atoms with van der Waals surface area (Å²) in [6, 6.07) is 6.98. The Labute approximate surface area is 123 Å². The van der Waals surface area contributed by atoms with Crippen molar-refractivity contribution in [2.75, 3.05) is 0 Å². The summed E-state index contributed by atoms with van der Waals surface area (Å²) in [4.78, 5) is 0. The van der Waals surface area contributed by atoms with Crippen LogP contribution in [0.2, 0.25) is 0 Å². The maximum absolute atomic E-state index is 13.4. The average Bonchev–Trinajstić information content (AvgIpc) is 2.45. The predicted molar refractivity (Wildman–Crippen MR) is 80.5 cm³/mol. The van der Waals surface area contributed by atoms with Gasteiger partial charge in [0.2, 0.25) is 0 Å². The molecule has 0 fully saturated rings. The number of alkyl halides is 3. The topological polar surface area (TPSA) is 0 Å². The van der Waals surface area contributed by atoms with E-state index in [0.29, 0.717) is 22.3 Å². The van der Waals surface area contributed by atoms with E-state index in [1.807, 2.05) is 32.9 Å². The number of hydrogen-bond acceptors (Lipinski definition) is 0. The van der Waals surface area contributed by atoms with E-state index in [1.54, 1.807) is 0 Å². The fourth-order valence-corrected chi connectivity index (χ4v) is 3.02. The average molecular weight is 292 g/mol. The van der Waals surface area contributed by atoms with E-state index < -0.39 is 20.0 Å². The van der Waals surface area contributed by atoms with Gasteiger partial charge in [0.15, 0.2) is 0 Å². The monoisotopic (exact) mass is 292 g/mol. The van der Waals surface area contributed by atoms with Crippen LogP contribution in [0.25, 0.3) is 11.1 Å². The van der Waals surface area contributed by atoms with Gasteiger partial charge in [-0.3, -0.25) is 0 Å². The first-order chi connectivity index (χ1) is 10.0. The van der Waals surface area contributed by atoms with Crippen LogP contribution >= 0.6 is 0 Å². The van der Waals surface area contributed by atoms with E-state index in [2.05, 4.69) is 0 Å². The SMILES string of the molecule is Cc1cc(C)c(-c2c(CF)cc(CF)cc2CF)c(C)c1. The van der Waals surface area contributed by atoms with Crippen LogP contribution in [0.4, 0.5) is 13.2 Å². The summed E-state index contributed by atoms with van der Waals surface area (Å²) in [7, 11) is 0. The summed E-state index contributed by atoms with van der Waals surface area (Å²) in [5.74, 6) is 0. The summed E-state index contributed by atoms with van der Waals surface area (Å²) in [5, 5.41) is 0. The van der Waals surface area contributed by atoms with Crippen molar-refractivity contribution < 1.29 is 13.2 Å². The third-order valence-corrected chi connectivity index (χ3v) is 3.73. The second-order valence-electron chi connectivity index (χ2n) is 5.46. The van der Waals surface area contributed by atoms with Crippen LogP contribution in [-0.2, 0) is 20.0 Å². The Balaban J connectivity index is 2.79. The van der Waals surface area contributed by atoms with Crippen molar-refractivity contribution in [1.29, 1.82) is 0 Å². The third kappa shape index (κ3) is 2.97. The quantitative estimate of drug-likeness (QED) is 0.679. The molecule has 0 aliphatic carbocycles. The Hall–Kier alpha value is -1.77. The molecule has 21 heavy (non-hydrogen) atoms. The molecule has 0 saturated carbocycles. The molecule has 0 amide bonds. The summed E-state index contributed by atoms with van der Waals surface area (Å²) < 4.78 is 39.7. The standard InChI is InChI=1S/C18H19F3/c1-11-4-12(2)17(13(3)5-11)18-15(9-20)6-14(8-19)7-16(18)10-21/h4-7H,8-10H2,1-3H3. The molecule has 0 aromatic heterocycles. The number of benzene rings is 2. The molecule has 0 nitrogen and oxygen atoms in total. The molecule has 0 atom stereocenters. The maximum Gasteiger partial charge on any atom is 0.115 e. The van der Waals surface area contributed by atoms with Gasteiger partial charge in [-0.1, -0.05) is 17.7 Å². The van der Waals surface area contributed by atoms with Gasteiger partial charge in [-0.05, 0) is 71.8 Å². The lowest BCUT2D eigenvalue weighted by Crippen LogP contribution is -2.00. The minimum atomic E-state index is -0.733. The molecule has 0 saturated heterocycles. The van der Waals surface area contributed by atoms with E-state index in [1.165, 1.54) is 12.1 Å². The first-order valence-electron chi connectivity index (χ1n) is 6.92. The Morgan fingerprint density at radius 2 is 1.14 bits per heavy atom. The van der Waals surface area contributed by atoms with Gasteiger partial charge >= 0.3 is 0 Å². The molecular formula is C18H19F3. The fraction of sp³-hybridized carbons (Fsp3) is 0.333. The highest BCUT2D eigenvalue weighted by molar-refractivity contribution is 5.77. The molecule has 3 heteroatoms. The molecule has 0 heterocycles. The third-order valence-electron chi connectivity index (χ3n) is 3.73. The zero-order valence-corrected chi connectivity index (χ0v) is 12.6. The summed E-state index contributed by atoms with van der Waals surface area (Å²) in [6.45, 7) is 3.67. The van der Waals surface area contributed by atoms with Crippen molar-refractivity contribution >= 4 is 0 Å². The van der Waals surface area contributed by atoms with Gasteiger partial charge in [-0.15, -0.1) is 0 Å². The summed E-state index contributed by atoms with van der Waals surface area (Å²) >= 11 is 0. The van der Waals surface area contributed by atoms with Gasteiger partial charge in [0.05, 0.1) is 0 Å². The van der Waals surface area contributed by atoms with Crippen LogP contribution in [0.1, 0.15) is 33.4 Å². The van der Waals surface area contributed by atoms with E-state index >= 15 is 0 Å². The molecule has 0 unspecified atom stereocenters. The zero-order valence-electron chi connectivity index (χ0n) is 12.6. The van der Waals surface area contributed by atoms with E-state index in [9.17, 15) is 13.2 Å². The highest BCUT2D eigenvalue weighted by atomic mass is 19.1. The van der Waals surface area contributed by atoms with Gasteiger partial charge in [-0.2, -0.15) is 0 Å². The maximum atomic E-state index is 13.4. The molecule has 0 N–H and O–H groups in total. The van der Waals surface area contributed by atoms with Crippen LogP contribution in [0.3, 0.4) is 0 Å². The largest absolute Gasteiger partial charge is 0.246 e. The highest BCUT2D eigenvalue weighted by Crippen LogP contribution is 2.36. The number of aryl methyl sites for hydroxylation is 3. The minimum Gasteiger partial charge on any atom is -0.246 e. The molecule has 2 rings (SSSR count). The Kier molecular flexibility index (Phi) is 4.71. The number of halogens is 3. The van der Waals surface area contributed by atoms with E-state index in [4.69, 9.17) is 0 Å². The summed E-state index contributed by atoms with van der Waals surface area (Å²) in [5.41, 5.74) is 5.52. The Bertz CT molecular complexity index is 611. The second-order valence-corrected chi connectivity index (χ2v) is 5.46. The molecule has 0 bridgehead atoms. The lowest BCUT2D eigenvalue weighted by Gasteiger charge is -2.18. The molecule has 0 radical (unpaired) electrons. The molecule has 0 aliphatic heterocycles. The van der Waals surface area contributed by atoms with Crippen LogP contribution in [0, 0.1) is 20.8 Å². The Morgan fingerprint density at radius 3 is 1.52 bits per heavy atom. The molecule has 2 aromatic rings. The van der Waals surface area contributed by atoms with Gasteiger partial charge in [0, 0.05) is 0 Å². The van der Waals surface area contributed by atoms with Gasteiger partial charge in [0.1, 0.15) is 20.0 Å². The molecule has 2 aromatic carbocycles. The molecule has 112 valence electrons. The van der Waals surface area contributed by atoms with Gasteiger partial charge in [0.25, 0.3) is 0 Å². The fourth-order valence-electron chi connectivity index (χ4n) is 3.02. The van der Waals surface area contributed by atoms with Gasteiger partial charge in [-0.25, -0.2) is 13.2 Å². The molecular weight excluding hydrogens is 273 g/mol. The van der Waals surface area contributed by atoms with Crippen molar-refractivity contribution in [3.05, 3.63) is 57.6 Å². The van der Waals surface area contributed by atoms with Gasteiger partial charge < -0.3 is 0 Å². The van der Waals surface area contributed by atoms with Crippen molar-refractivity contribution in [1.82, 2.24) is 0 Å². The first kappa shape index (κ1) is 15.6. The lowest BCUT2D eigenvalue weighted by molar-refractivity contribution is 0.466. The first-order valence-corrected chi connectivity index (χ1v) is 6.92. The van der Waals surface area contributed by atoms with Crippen LogP contribution in [-0.4, -0.2) is 0 Å². The number of rotatable bonds is 4.